The van der Waals surface area contributed by atoms with Crippen molar-refractivity contribution in [2.75, 3.05) is 6.61 Å². The highest BCUT2D eigenvalue weighted by Gasteiger charge is 2.29. The quantitative estimate of drug-likeness (QED) is 0.182. The fourth-order valence-electron chi connectivity index (χ4n) is 4.82. The third-order valence-corrected chi connectivity index (χ3v) is 6.83. The fraction of sp³-hybridized carbons (Fsp3) is 0.355. The van der Waals surface area contributed by atoms with Crippen LogP contribution in [0.2, 0.25) is 0 Å². The lowest BCUT2D eigenvalue weighted by molar-refractivity contribution is -0.153. The van der Waals surface area contributed by atoms with E-state index in [0.717, 1.165) is 31.2 Å². The van der Waals surface area contributed by atoms with Gasteiger partial charge in [-0.1, -0.05) is 48.3 Å². The molecule has 1 nitrogen and oxygen atoms in total. The van der Waals surface area contributed by atoms with Crippen molar-refractivity contribution < 1.29 is 26.7 Å². The van der Waals surface area contributed by atoms with Gasteiger partial charge in [-0.05, 0) is 86.6 Å². The molecule has 0 radical (unpaired) electrons. The Bertz CT molecular complexity index is 1320. The average molecular weight is 513 g/mol. The molecule has 0 N–H and O–H groups in total. The minimum atomic E-state index is -4.56. The summed E-state index contributed by atoms with van der Waals surface area (Å²) in [5.74, 6) is 5.73. The van der Waals surface area contributed by atoms with E-state index in [1.165, 1.54) is 43.5 Å². The Hall–Kier alpha value is -3.33. The Morgan fingerprint density at radius 2 is 1.76 bits per heavy atom. The summed E-state index contributed by atoms with van der Waals surface area (Å²) >= 11 is 0. The molecule has 0 atom stereocenters. The summed E-state index contributed by atoms with van der Waals surface area (Å²) < 4.78 is 71.4. The zero-order chi connectivity index (χ0) is 26.4. The smallest absolute Gasteiger partial charge is 0.422 e. The molecule has 4 rings (SSSR count). The van der Waals surface area contributed by atoms with Gasteiger partial charge in [0.25, 0.3) is 0 Å². The third kappa shape index (κ3) is 7.13. The number of ether oxygens (including phenoxy) is 1. The van der Waals surface area contributed by atoms with E-state index < -0.39 is 30.2 Å². The second-order valence-corrected chi connectivity index (χ2v) is 9.55. The Kier molecular flexibility index (Phi) is 8.53. The van der Waals surface area contributed by atoms with Crippen molar-refractivity contribution in [3.8, 4) is 28.7 Å². The second-order valence-electron chi connectivity index (χ2n) is 9.55. The average Bonchev–Trinajstić information content (AvgIpc) is 2.87. The third-order valence-electron chi connectivity index (χ3n) is 6.83. The molecule has 1 aliphatic carbocycles. The van der Waals surface area contributed by atoms with Gasteiger partial charge in [0.2, 0.25) is 0 Å². The summed E-state index contributed by atoms with van der Waals surface area (Å²) in [6, 6.07) is 12.0. The van der Waals surface area contributed by atoms with Crippen LogP contribution in [-0.2, 0) is 0 Å². The van der Waals surface area contributed by atoms with Crippen LogP contribution in [-0.4, -0.2) is 12.8 Å². The van der Waals surface area contributed by atoms with Crippen LogP contribution in [0.4, 0.5) is 22.0 Å². The van der Waals surface area contributed by atoms with E-state index in [0.29, 0.717) is 28.0 Å². The predicted octanol–water partition coefficient (Wildman–Crippen LogP) is 9.24. The van der Waals surface area contributed by atoms with Crippen molar-refractivity contribution >= 4 is 10.8 Å². The zero-order valence-corrected chi connectivity index (χ0v) is 20.7. The van der Waals surface area contributed by atoms with E-state index >= 15 is 0 Å². The highest BCUT2D eigenvalue weighted by Crippen LogP contribution is 2.33. The standard InChI is InChI=1S/C31H29F5O/c1-2-3-4-5-21-6-8-22(9-7-21)10-11-23-12-15-26(28(32)18-23)24-13-16-27-25(19-24)14-17-29(30(27)33)37-20-31(34,35)36/h2-3,12-19,21-22H,4-9,20H2,1H3/b3-2+. The molecule has 0 amide bonds. The summed E-state index contributed by atoms with van der Waals surface area (Å²) in [6.45, 7) is 0.468. The lowest BCUT2D eigenvalue weighted by atomic mass is 9.80. The van der Waals surface area contributed by atoms with Gasteiger partial charge in [-0.2, -0.15) is 13.2 Å². The minimum absolute atomic E-state index is 0.0999. The van der Waals surface area contributed by atoms with Gasteiger partial charge in [0.15, 0.2) is 18.2 Å². The molecule has 0 bridgehead atoms. The van der Waals surface area contributed by atoms with Gasteiger partial charge in [-0.25, -0.2) is 8.78 Å². The fourth-order valence-corrected chi connectivity index (χ4v) is 4.82. The number of hydrogen-bond donors (Lipinski definition) is 0. The monoisotopic (exact) mass is 512 g/mol. The van der Waals surface area contributed by atoms with Crippen LogP contribution in [0.1, 0.15) is 51.0 Å². The van der Waals surface area contributed by atoms with Gasteiger partial charge in [0.1, 0.15) is 5.82 Å². The maximum Gasteiger partial charge on any atom is 0.422 e. The van der Waals surface area contributed by atoms with Crippen LogP contribution < -0.4 is 4.74 Å². The SMILES string of the molecule is C/C=C/CCC1CCC(C#Cc2ccc(-c3ccc4c(F)c(OCC(F)(F)F)ccc4c3)c(F)c2)CC1. The second kappa shape index (κ2) is 11.8. The predicted molar refractivity (Wildman–Crippen MR) is 137 cm³/mol. The molecule has 0 saturated heterocycles. The molecule has 3 aromatic carbocycles. The summed E-state index contributed by atoms with van der Waals surface area (Å²) in [5, 5.41) is 0.529. The Labute approximate surface area is 214 Å². The van der Waals surface area contributed by atoms with Gasteiger partial charge in [-0.3, -0.25) is 0 Å². The first kappa shape index (κ1) is 26.7. The van der Waals surface area contributed by atoms with Gasteiger partial charge >= 0.3 is 6.18 Å². The molecule has 0 aromatic heterocycles. The van der Waals surface area contributed by atoms with Crippen molar-refractivity contribution in [3.05, 3.63) is 77.9 Å². The van der Waals surface area contributed by atoms with E-state index in [-0.39, 0.29) is 5.39 Å². The van der Waals surface area contributed by atoms with Crippen molar-refractivity contribution in [1.82, 2.24) is 0 Å². The van der Waals surface area contributed by atoms with E-state index in [1.807, 2.05) is 6.92 Å². The van der Waals surface area contributed by atoms with Crippen LogP contribution >= 0.6 is 0 Å². The summed E-state index contributed by atoms with van der Waals surface area (Å²) in [4.78, 5) is 0. The van der Waals surface area contributed by atoms with Crippen LogP contribution in [0.15, 0.2) is 60.7 Å². The lowest BCUT2D eigenvalue weighted by Gasteiger charge is -2.25. The van der Waals surface area contributed by atoms with Crippen molar-refractivity contribution in [3.63, 3.8) is 0 Å². The molecule has 194 valence electrons. The number of rotatable bonds is 6. The van der Waals surface area contributed by atoms with Crippen molar-refractivity contribution in [2.45, 2.75) is 51.6 Å². The molecular weight excluding hydrogens is 483 g/mol. The van der Waals surface area contributed by atoms with Gasteiger partial charge in [0, 0.05) is 22.4 Å². The van der Waals surface area contributed by atoms with E-state index in [9.17, 15) is 22.0 Å². The maximum atomic E-state index is 15.0. The molecule has 0 heterocycles. The molecule has 6 heteroatoms. The Balaban J connectivity index is 1.44. The summed E-state index contributed by atoms with van der Waals surface area (Å²) in [5.41, 5.74) is 1.48. The summed E-state index contributed by atoms with van der Waals surface area (Å²) in [6.07, 6.45) is 6.62. The van der Waals surface area contributed by atoms with Gasteiger partial charge < -0.3 is 4.74 Å². The molecule has 1 aliphatic rings. The molecule has 0 spiro atoms. The molecule has 0 unspecified atom stereocenters. The van der Waals surface area contributed by atoms with E-state index in [2.05, 4.69) is 28.7 Å². The topological polar surface area (TPSA) is 9.23 Å². The van der Waals surface area contributed by atoms with Crippen LogP contribution in [0.5, 0.6) is 5.75 Å². The van der Waals surface area contributed by atoms with Crippen molar-refractivity contribution in [1.29, 1.82) is 0 Å². The highest BCUT2D eigenvalue weighted by molar-refractivity contribution is 5.89. The molecular formula is C31H29F5O. The normalized spacial score (nSPS) is 18.1. The summed E-state index contributed by atoms with van der Waals surface area (Å²) in [7, 11) is 0. The molecule has 1 fully saturated rings. The number of benzene rings is 3. The maximum absolute atomic E-state index is 15.0. The first-order valence-corrected chi connectivity index (χ1v) is 12.6. The van der Waals surface area contributed by atoms with Crippen LogP contribution in [0.25, 0.3) is 21.9 Å². The van der Waals surface area contributed by atoms with Crippen LogP contribution in [0.3, 0.4) is 0 Å². The first-order valence-electron chi connectivity index (χ1n) is 12.6. The number of halogens is 5. The molecule has 3 aromatic rings. The molecule has 0 aliphatic heterocycles. The molecule has 1 saturated carbocycles. The number of alkyl halides is 3. The Morgan fingerprint density at radius 1 is 0.973 bits per heavy atom. The van der Waals surface area contributed by atoms with Gasteiger partial charge in [0.05, 0.1) is 0 Å². The Morgan fingerprint density at radius 3 is 2.46 bits per heavy atom. The molecule has 37 heavy (non-hydrogen) atoms. The number of allylic oxidation sites excluding steroid dienone is 2. The van der Waals surface area contributed by atoms with E-state index in [1.54, 1.807) is 18.2 Å². The first-order chi connectivity index (χ1) is 17.7. The van der Waals surface area contributed by atoms with Crippen LogP contribution in [0, 0.1) is 35.3 Å². The highest BCUT2D eigenvalue weighted by atomic mass is 19.4. The van der Waals surface area contributed by atoms with Crippen molar-refractivity contribution in [2.24, 2.45) is 11.8 Å². The minimum Gasteiger partial charge on any atom is -0.481 e. The largest absolute Gasteiger partial charge is 0.481 e. The number of hydrogen-bond acceptors (Lipinski definition) is 1. The van der Waals surface area contributed by atoms with Gasteiger partial charge in [-0.15, -0.1) is 0 Å². The lowest BCUT2D eigenvalue weighted by Crippen LogP contribution is -2.19. The van der Waals surface area contributed by atoms with E-state index in [4.69, 9.17) is 0 Å². The number of fused-ring (bicyclic) bond motifs is 1. The zero-order valence-electron chi connectivity index (χ0n) is 20.7.